The van der Waals surface area contributed by atoms with Crippen LogP contribution in [0, 0.1) is 0 Å². The number of fused-ring (bicyclic) bond motifs is 1. The molecule has 106 valence electrons. The second kappa shape index (κ2) is 6.25. The van der Waals surface area contributed by atoms with Crippen molar-refractivity contribution in [1.82, 2.24) is 5.32 Å². The van der Waals surface area contributed by atoms with Crippen molar-refractivity contribution in [3.63, 3.8) is 0 Å². The zero-order valence-electron chi connectivity index (χ0n) is 11.1. The van der Waals surface area contributed by atoms with Gasteiger partial charge in [0.05, 0.1) is 0 Å². The molecule has 0 amide bonds. The molecule has 0 saturated carbocycles. The van der Waals surface area contributed by atoms with Crippen LogP contribution >= 0.6 is 0 Å². The van der Waals surface area contributed by atoms with Crippen LogP contribution in [0.15, 0.2) is 12.1 Å². The summed E-state index contributed by atoms with van der Waals surface area (Å²) < 4.78 is 21.7. The van der Waals surface area contributed by atoms with Gasteiger partial charge in [0.15, 0.2) is 11.5 Å². The van der Waals surface area contributed by atoms with E-state index in [0.29, 0.717) is 18.0 Å². The first kappa shape index (κ1) is 14.1. The summed E-state index contributed by atoms with van der Waals surface area (Å²) in [7, 11) is -0.789. The fourth-order valence-corrected chi connectivity index (χ4v) is 2.26. The second-order valence-corrected chi connectivity index (χ2v) is 6.41. The van der Waals surface area contributed by atoms with E-state index in [0.717, 1.165) is 18.5 Å². The number of hydrogen-bond acceptors (Lipinski definition) is 5. The number of phenolic OH excluding ortho intramolecular Hbond substituents is 1. The van der Waals surface area contributed by atoms with Gasteiger partial charge in [0.2, 0.25) is 6.79 Å². The third kappa shape index (κ3) is 3.61. The van der Waals surface area contributed by atoms with Gasteiger partial charge >= 0.3 is 0 Å². The summed E-state index contributed by atoms with van der Waals surface area (Å²) in [6.07, 6.45) is 2.56. The van der Waals surface area contributed by atoms with E-state index in [-0.39, 0.29) is 17.8 Å². The van der Waals surface area contributed by atoms with Crippen molar-refractivity contribution in [2.24, 2.45) is 0 Å². The summed E-state index contributed by atoms with van der Waals surface area (Å²) in [4.78, 5) is 0. The zero-order valence-corrected chi connectivity index (χ0v) is 12.0. The van der Waals surface area contributed by atoms with Gasteiger partial charge in [0.25, 0.3) is 0 Å². The Morgan fingerprint density at radius 3 is 2.79 bits per heavy atom. The van der Waals surface area contributed by atoms with Crippen LogP contribution in [-0.4, -0.2) is 34.2 Å². The molecule has 0 aliphatic carbocycles. The maximum Gasteiger partial charge on any atom is 0.231 e. The highest BCUT2D eigenvalue weighted by atomic mass is 32.2. The van der Waals surface area contributed by atoms with Gasteiger partial charge in [-0.2, -0.15) is 0 Å². The van der Waals surface area contributed by atoms with Crippen LogP contribution in [0.25, 0.3) is 0 Å². The number of rotatable bonds is 6. The monoisotopic (exact) mass is 285 g/mol. The smallest absolute Gasteiger partial charge is 0.231 e. The summed E-state index contributed by atoms with van der Waals surface area (Å²) in [6.45, 7) is 3.47. The van der Waals surface area contributed by atoms with Crippen LogP contribution in [0.5, 0.6) is 17.2 Å². The van der Waals surface area contributed by atoms with Gasteiger partial charge in [-0.25, -0.2) is 0 Å². The van der Waals surface area contributed by atoms with Crippen LogP contribution in [0.3, 0.4) is 0 Å². The third-order valence-corrected chi connectivity index (χ3v) is 4.55. The predicted molar refractivity (Wildman–Crippen MR) is 74.1 cm³/mol. The Morgan fingerprint density at radius 2 is 2.11 bits per heavy atom. The molecule has 2 N–H and O–H groups in total. The highest BCUT2D eigenvalue weighted by Crippen LogP contribution is 2.37. The molecule has 0 spiro atoms. The Bertz CT molecular complexity index is 478. The van der Waals surface area contributed by atoms with E-state index in [1.165, 1.54) is 0 Å². The Balaban J connectivity index is 1.85. The highest BCUT2D eigenvalue weighted by Gasteiger charge is 2.16. The fourth-order valence-electron chi connectivity index (χ4n) is 1.81. The summed E-state index contributed by atoms with van der Waals surface area (Å²) in [5.41, 5.74) is 0.773. The van der Waals surface area contributed by atoms with Crippen molar-refractivity contribution < 1.29 is 18.8 Å². The average Bonchev–Trinajstić information content (AvgIpc) is 2.81. The minimum Gasteiger partial charge on any atom is -0.507 e. The number of phenols is 1. The van der Waals surface area contributed by atoms with Gasteiger partial charge in [0.1, 0.15) is 5.75 Å². The predicted octanol–water partition coefficient (Wildman–Crippen LogP) is 1.37. The van der Waals surface area contributed by atoms with Gasteiger partial charge in [-0.05, 0) is 19.0 Å². The van der Waals surface area contributed by atoms with Crippen LogP contribution in [0.4, 0.5) is 0 Å². The first-order chi connectivity index (χ1) is 9.08. The lowest BCUT2D eigenvalue weighted by Gasteiger charge is -2.10. The molecule has 0 fully saturated rings. The van der Waals surface area contributed by atoms with Gasteiger partial charge < -0.3 is 19.9 Å². The molecule has 1 aromatic carbocycles. The maximum absolute atomic E-state index is 11.2. The summed E-state index contributed by atoms with van der Waals surface area (Å²) in [5, 5.41) is 13.3. The minimum atomic E-state index is -0.789. The fraction of sp³-hybridized carbons (Fsp3) is 0.538. The Labute approximate surface area is 115 Å². The van der Waals surface area contributed by atoms with Crippen LogP contribution in [0.1, 0.15) is 18.9 Å². The third-order valence-electron chi connectivity index (χ3n) is 3.18. The number of ether oxygens (including phenoxy) is 2. The minimum absolute atomic E-state index is 0.179. The lowest BCUT2D eigenvalue weighted by atomic mass is 10.1. The normalized spacial score (nSPS) is 16.3. The molecule has 1 heterocycles. The molecule has 2 rings (SSSR count). The Kier molecular flexibility index (Phi) is 4.66. The first-order valence-electron chi connectivity index (χ1n) is 6.22. The molecule has 0 aromatic heterocycles. The standard InChI is InChI=1S/C13H19NO4S/c1-9(19(2)16)3-4-14-7-10-5-12-13(6-11(10)15)18-8-17-12/h5-6,9,14-15H,3-4,7-8H2,1-2H3. The van der Waals surface area contributed by atoms with Crippen molar-refractivity contribution in [2.75, 3.05) is 19.6 Å². The van der Waals surface area contributed by atoms with E-state index in [1.807, 2.05) is 6.92 Å². The summed E-state index contributed by atoms with van der Waals surface area (Å²) in [5.74, 6) is 1.44. The van der Waals surface area contributed by atoms with E-state index in [4.69, 9.17) is 9.47 Å². The molecule has 0 bridgehead atoms. The van der Waals surface area contributed by atoms with Crippen molar-refractivity contribution in [1.29, 1.82) is 0 Å². The second-order valence-electron chi connectivity index (χ2n) is 4.61. The average molecular weight is 285 g/mol. The highest BCUT2D eigenvalue weighted by molar-refractivity contribution is 7.84. The van der Waals surface area contributed by atoms with Crippen molar-refractivity contribution in [2.45, 2.75) is 25.1 Å². The largest absolute Gasteiger partial charge is 0.507 e. The summed E-state index contributed by atoms with van der Waals surface area (Å²) >= 11 is 0. The van der Waals surface area contributed by atoms with Gasteiger partial charge in [-0.15, -0.1) is 0 Å². The van der Waals surface area contributed by atoms with Gasteiger partial charge in [-0.3, -0.25) is 4.21 Å². The first-order valence-corrected chi connectivity index (χ1v) is 7.84. The number of hydrogen-bond donors (Lipinski definition) is 2. The molecule has 1 aliphatic rings. The zero-order chi connectivity index (χ0) is 13.8. The quantitative estimate of drug-likeness (QED) is 0.773. The molecule has 5 nitrogen and oxygen atoms in total. The molecule has 19 heavy (non-hydrogen) atoms. The molecule has 0 saturated heterocycles. The molecule has 6 heteroatoms. The molecule has 0 radical (unpaired) electrons. The maximum atomic E-state index is 11.2. The molecule has 2 atom stereocenters. The SMILES string of the molecule is CC(CCNCc1cc2c(cc1O)OCO2)S(C)=O. The number of benzene rings is 1. The lowest BCUT2D eigenvalue weighted by molar-refractivity contribution is 0.174. The van der Waals surface area contributed by atoms with Crippen molar-refractivity contribution in [3.05, 3.63) is 17.7 Å². The van der Waals surface area contributed by atoms with E-state index >= 15 is 0 Å². The molecule has 2 unspecified atom stereocenters. The van der Waals surface area contributed by atoms with Gasteiger partial charge in [-0.1, -0.05) is 6.92 Å². The molecule has 1 aromatic rings. The van der Waals surface area contributed by atoms with E-state index < -0.39 is 10.8 Å². The van der Waals surface area contributed by atoms with E-state index in [9.17, 15) is 9.32 Å². The number of nitrogens with one attached hydrogen (secondary N) is 1. The molecule has 1 aliphatic heterocycles. The van der Waals surface area contributed by atoms with Crippen LogP contribution in [-0.2, 0) is 17.3 Å². The van der Waals surface area contributed by atoms with Gasteiger partial charge in [0, 0.05) is 40.5 Å². The topological polar surface area (TPSA) is 67.8 Å². The Morgan fingerprint density at radius 1 is 1.42 bits per heavy atom. The van der Waals surface area contributed by atoms with Crippen LogP contribution in [0.2, 0.25) is 0 Å². The van der Waals surface area contributed by atoms with Crippen molar-refractivity contribution >= 4 is 10.8 Å². The Hall–Kier alpha value is -1.27. The molecular weight excluding hydrogens is 266 g/mol. The lowest BCUT2D eigenvalue weighted by Crippen LogP contribution is -2.21. The van der Waals surface area contributed by atoms with E-state index in [1.54, 1.807) is 18.4 Å². The van der Waals surface area contributed by atoms with E-state index in [2.05, 4.69) is 5.32 Å². The van der Waals surface area contributed by atoms with Crippen molar-refractivity contribution in [3.8, 4) is 17.2 Å². The summed E-state index contributed by atoms with van der Waals surface area (Å²) in [6, 6.07) is 3.36. The molecular formula is C13H19NO4S. The van der Waals surface area contributed by atoms with Crippen LogP contribution < -0.4 is 14.8 Å². The number of aromatic hydroxyl groups is 1.